The summed E-state index contributed by atoms with van der Waals surface area (Å²) in [5.41, 5.74) is 2.46. The van der Waals surface area contributed by atoms with E-state index in [1.165, 1.54) is 0 Å². The second-order valence-electron chi connectivity index (χ2n) is 6.08. The van der Waals surface area contributed by atoms with Gasteiger partial charge in [-0.1, -0.05) is 18.2 Å². The van der Waals surface area contributed by atoms with Crippen LogP contribution in [0.4, 0.5) is 0 Å². The van der Waals surface area contributed by atoms with Crippen molar-refractivity contribution in [2.24, 2.45) is 0 Å². The maximum Gasteiger partial charge on any atom is 0.261 e. The standard InChI is InChI=1S/C18H20N2O3/c1-11-8-12(2)19-17(21)16(11)18(22)20(3)10-14-9-13-6-4-5-7-15(13)23-14/h4-8,14H,9-10H2,1-3H3,(H,19,21)/t14-/m0/s1. The minimum absolute atomic E-state index is 0.0776. The zero-order valence-corrected chi connectivity index (χ0v) is 13.6. The molecule has 1 aliphatic heterocycles. The number of aromatic amines is 1. The van der Waals surface area contributed by atoms with Gasteiger partial charge in [0.2, 0.25) is 0 Å². The molecule has 0 aliphatic carbocycles. The summed E-state index contributed by atoms with van der Waals surface area (Å²) in [6.07, 6.45) is 0.697. The van der Waals surface area contributed by atoms with Crippen LogP contribution in [0.3, 0.4) is 0 Å². The predicted octanol–water partition coefficient (Wildman–Crippen LogP) is 2.07. The molecule has 23 heavy (non-hydrogen) atoms. The number of rotatable bonds is 3. The van der Waals surface area contributed by atoms with Crippen LogP contribution in [0.2, 0.25) is 0 Å². The van der Waals surface area contributed by atoms with Gasteiger partial charge in [-0.2, -0.15) is 0 Å². The number of para-hydroxylation sites is 1. The molecule has 1 atom stereocenters. The second kappa shape index (κ2) is 5.91. The minimum atomic E-state index is -0.338. The summed E-state index contributed by atoms with van der Waals surface area (Å²) in [7, 11) is 1.70. The number of nitrogens with zero attached hydrogens (tertiary/aromatic N) is 1. The van der Waals surface area contributed by atoms with Gasteiger partial charge in [-0.15, -0.1) is 0 Å². The van der Waals surface area contributed by atoms with Gasteiger partial charge in [0, 0.05) is 19.2 Å². The van der Waals surface area contributed by atoms with E-state index >= 15 is 0 Å². The third kappa shape index (κ3) is 2.99. The Kier molecular flexibility index (Phi) is 3.94. The molecule has 1 aliphatic rings. The second-order valence-corrected chi connectivity index (χ2v) is 6.08. The molecule has 5 heteroatoms. The monoisotopic (exact) mass is 312 g/mol. The van der Waals surface area contributed by atoms with E-state index in [1.807, 2.05) is 30.3 Å². The molecule has 2 heterocycles. The van der Waals surface area contributed by atoms with E-state index in [-0.39, 0.29) is 23.1 Å². The Balaban J connectivity index is 1.74. The lowest BCUT2D eigenvalue weighted by molar-refractivity contribution is 0.0728. The summed E-state index contributed by atoms with van der Waals surface area (Å²) in [6, 6.07) is 9.70. The van der Waals surface area contributed by atoms with Crippen LogP contribution in [0.5, 0.6) is 5.75 Å². The van der Waals surface area contributed by atoms with E-state index in [0.717, 1.165) is 23.4 Å². The lowest BCUT2D eigenvalue weighted by atomic mass is 10.1. The maximum absolute atomic E-state index is 12.6. The molecule has 0 saturated carbocycles. The van der Waals surface area contributed by atoms with Crippen molar-refractivity contribution in [2.75, 3.05) is 13.6 Å². The SMILES string of the molecule is Cc1cc(C)c(C(=O)N(C)C[C@@H]2Cc3ccccc3O2)c(=O)[nH]1. The van der Waals surface area contributed by atoms with Crippen LogP contribution in [0.25, 0.3) is 0 Å². The highest BCUT2D eigenvalue weighted by Crippen LogP contribution is 2.28. The number of hydrogen-bond acceptors (Lipinski definition) is 3. The number of carbonyl (C=O) groups is 1. The average Bonchev–Trinajstić information content (AvgIpc) is 2.88. The first-order valence-electron chi connectivity index (χ1n) is 7.66. The van der Waals surface area contributed by atoms with E-state index in [0.29, 0.717) is 12.1 Å². The van der Waals surface area contributed by atoms with E-state index < -0.39 is 0 Å². The third-order valence-electron chi connectivity index (χ3n) is 4.12. The molecule has 1 aromatic heterocycles. The van der Waals surface area contributed by atoms with Gasteiger partial charge >= 0.3 is 0 Å². The lowest BCUT2D eigenvalue weighted by Crippen LogP contribution is -2.39. The van der Waals surface area contributed by atoms with Crippen LogP contribution in [-0.2, 0) is 6.42 Å². The first-order valence-corrected chi connectivity index (χ1v) is 7.66. The van der Waals surface area contributed by atoms with Gasteiger partial charge in [0.05, 0.1) is 6.54 Å². The Morgan fingerprint density at radius 3 is 2.78 bits per heavy atom. The van der Waals surface area contributed by atoms with Crippen molar-refractivity contribution in [3.63, 3.8) is 0 Å². The molecule has 120 valence electrons. The number of carbonyl (C=O) groups excluding carboxylic acids is 1. The van der Waals surface area contributed by atoms with E-state index in [1.54, 1.807) is 25.8 Å². The molecule has 1 aromatic carbocycles. The van der Waals surface area contributed by atoms with Crippen molar-refractivity contribution in [1.29, 1.82) is 0 Å². The zero-order valence-electron chi connectivity index (χ0n) is 13.6. The summed E-state index contributed by atoms with van der Waals surface area (Å²) in [4.78, 5) is 28.9. The predicted molar refractivity (Wildman–Crippen MR) is 88.1 cm³/mol. The van der Waals surface area contributed by atoms with Crippen molar-refractivity contribution < 1.29 is 9.53 Å². The Bertz CT molecular complexity index is 785. The van der Waals surface area contributed by atoms with Crippen molar-refractivity contribution in [1.82, 2.24) is 9.88 Å². The Morgan fingerprint density at radius 1 is 1.35 bits per heavy atom. The fraction of sp³-hybridized carbons (Fsp3) is 0.333. The Hall–Kier alpha value is -2.56. The van der Waals surface area contributed by atoms with Crippen LogP contribution in [0.15, 0.2) is 35.1 Å². The van der Waals surface area contributed by atoms with Crippen molar-refractivity contribution >= 4 is 5.91 Å². The van der Waals surface area contributed by atoms with Gasteiger partial charge in [-0.25, -0.2) is 0 Å². The highest BCUT2D eigenvalue weighted by Gasteiger charge is 2.26. The normalized spacial score (nSPS) is 15.9. The number of ether oxygens (including phenoxy) is 1. The lowest BCUT2D eigenvalue weighted by Gasteiger charge is -2.21. The number of aryl methyl sites for hydroxylation is 2. The number of pyridine rings is 1. The number of likely N-dealkylation sites (N-methyl/N-ethyl adjacent to an activating group) is 1. The number of hydrogen-bond donors (Lipinski definition) is 1. The van der Waals surface area contributed by atoms with E-state index in [9.17, 15) is 9.59 Å². The fourth-order valence-corrected chi connectivity index (χ4v) is 3.05. The zero-order chi connectivity index (χ0) is 16.6. The van der Waals surface area contributed by atoms with Gasteiger partial charge in [0.1, 0.15) is 17.4 Å². The number of nitrogens with one attached hydrogen (secondary N) is 1. The molecule has 1 amide bonds. The van der Waals surface area contributed by atoms with Gasteiger partial charge in [-0.05, 0) is 37.1 Å². The van der Waals surface area contributed by atoms with Crippen LogP contribution >= 0.6 is 0 Å². The molecule has 0 saturated heterocycles. The Morgan fingerprint density at radius 2 is 2.09 bits per heavy atom. The van der Waals surface area contributed by atoms with Crippen molar-refractivity contribution in [2.45, 2.75) is 26.4 Å². The van der Waals surface area contributed by atoms with Gasteiger partial charge in [0.25, 0.3) is 11.5 Å². The van der Waals surface area contributed by atoms with E-state index in [4.69, 9.17) is 4.74 Å². The molecule has 1 N–H and O–H groups in total. The molecular formula is C18H20N2O3. The highest BCUT2D eigenvalue weighted by atomic mass is 16.5. The summed E-state index contributed by atoms with van der Waals surface area (Å²) >= 11 is 0. The molecule has 3 rings (SSSR count). The number of H-pyrrole nitrogens is 1. The number of aromatic nitrogens is 1. The summed E-state index contributed by atoms with van der Waals surface area (Å²) < 4.78 is 5.86. The largest absolute Gasteiger partial charge is 0.488 e. The molecule has 0 bridgehead atoms. The fourth-order valence-electron chi connectivity index (χ4n) is 3.05. The van der Waals surface area contributed by atoms with E-state index in [2.05, 4.69) is 4.98 Å². The summed E-state index contributed by atoms with van der Waals surface area (Å²) in [5.74, 6) is 0.603. The molecular weight excluding hydrogens is 292 g/mol. The Labute approximate surface area is 134 Å². The summed E-state index contributed by atoms with van der Waals surface area (Å²) in [5, 5.41) is 0. The maximum atomic E-state index is 12.6. The molecule has 0 unspecified atom stereocenters. The summed E-state index contributed by atoms with van der Waals surface area (Å²) in [6.45, 7) is 4.03. The number of amides is 1. The first-order chi connectivity index (χ1) is 11.0. The van der Waals surface area contributed by atoms with Crippen LogP contribution in [0.1, 0.15) is 27.2 Å². The van der Waals surface area contributed by atoms with Gasteiger partial charge in [0.15, 0.2) is 0 Å². The van der Waals surface area contributed by atoms with Crippen LogP contribution < -0.4 is 10.3 Å². The minimum Gasteiger partial charge on any atom is -0.488 e. The third-order valence-corrected chi connectivity index (χ3v) is 4.12. The molecule has 5 nitrogen and oxygen atoms in total. The highest BCUT2D eigenvalue weighted by molar-refractivity contribution is 5.95. The van der Waals surface area contributed by atoms with Crippen molar-refractivity contribution in [3.8, 4) is 5.75 Å². The van der Waals surface area contributed by atoms with Crippen LogP contribution in [0, 0.1) is 13.8 Å². The van der Waals surface area contributed by atoms with Gasteiger partial charge in [-0.3, -0.25) is 9.59 Å². The molecule has 0 radical (unpaired) electrons. The van der Waals surface area contributed by atoms with Crippen LogP contribution in [-0.4, -0.2) is 35.5 Å². The first kappa shape index (κ1) is 15.3. The average molecular weight is 312 g/mol. The molecule has 0 spiro atoms. The van der Waals surface area contributed by atoms with Gasteiger partial charge < -0.3 is 14.6 Å². The van der Waals surface area contributed by atoms with Crippen molar-refractivity contribution in [3.05, 3.63) is 63.1 Å². The molecule has 0 fully saturated rings. The quantitative estimate of drug-likeness (QED) is 0.943. The number of fused-ring (bicyclic) bond motifs is 1. The smallest absolute Gasteiger partial charge is 0.261 e. The topological polar surface area (TPSA) is 62.4 Å². The molecule has 2 aromatic rings. The number of benzene rings is 1.